The predicted octanol–water partition coefficient (Wildman–Crippen LogP) is 1.87. The van der Waals surface area contributed by atoms with E-state index in [1.807, 2.05) is 17.5 Å². The van der Waals surface area contributed by atoms with Crippen LogP contribution in [0.25, 0.3) is 0 Å². The van der Waals surface area contributed by atoms with Crippen LogP contribution in [0.1, 0.15) is 4.88 Å². The van der Waals surface area contributed by atoms with Crippen molar-refractivity contribution in [2.75, 3.05) is 0 Å². The Kier molecular flexibility index (Phi) is 2.77. The van der Waals surface area contributed by atoms with Crippen molar-refractivity contribution in [2.24, 2.45) is 5.73 Å². The molecule has 0 fully saturated rings. The van der Waals surface area contributed by atoms with E-state index < -0.39 is 0 Å². The third-order valence-electron chi connectivity index (χ3n) is 0.950. The number of thioether (sulfide) groups is 1. The fourth-order valence-electron chi connectivity index (χ4n) is 0.544. The van der Waals surface area contributed by atoms with Crippen LogP contribution < -0.4 is 5.73 Å². The van der Waals surface area contributed by atoms with E-state index in [0.717, 1.165) is 5.75 Å². The summed E-state index contributed by atoms with van der Waals surface area (Å²) in [5.41, 5.74) is 5.16. The van der Waals surface area contributed by atoms with E-state index in [2.05, 4.69) is 0 Å². The summed E-state index contributed by atoms with van der Waals surface area (Å²) in [6, 6.07) is 4.04. The van der Waals surface area contributed by atoms with Crippen LogP contribution in [0, 0.1) is 5.41 Å². The molecular formula is C6H8N2S2. The van der Waals surface area contributed by atoms with Gasteiger partial charge in [0.1, 0.15) is 0 Å². The Hall–Kier alpha value is -0.480. The maximum Gasteiger partial charge on any atom is 0.151 e. The molecule has 0 saturated heterocycles. The predicted molar refractivity (Wildman–Crippen MR) is 47.5 cm³/mol. The molecule has 0 spiro atoms. The van der Waals surface area contributed by atoms with Gasteiger partial charge in [0.05, 0.1) is 0 Å². The van der Waals surface area contributed by atoms with Crippen LogP contribution in [0.5, 0.6) is 0 Å². The SMILES string of the molecule is N=C(N)SCc1cccs1. The lowest BCUT2D eigenvalue weighted by molar-refractivity contribution is 1.49. The lowest BCUT2D eigenvalue weighted by Crippen LogP contribution is -2.03. The average molecular weight is 172 g/mol. The second-order valence-electron chi connectivity index (χ2n) is 1.73. The third kappa shape index (κ3) is 2.41. The Morgan fingerprint density at radius 1 is 1.80 bits per heavy atom. The smallest absolute Gasteiger partial charge is 0.151 e. The molecule has 0 saturated carbocycles. The highest BCUT2D eigenvalue weighted by atomic mass is 32.2. The van der Waals surface area contributed by atoms with Gasteiger partial charge in [0.25, 0.3) is 0 Å². The van der Waals surface area contributed by atoms with Gasteiger partial charge in [-0.2, -0.15) is 0 Å². The van der Waals surface area contributed by atoms with Crippen LogP contribution in [-0.4, -0.2) is 5.17 Å². The van der Waals surface area contributed by atoms with E-state index in [1.165, 1.54) is 16.6 Å². The zero-order chi connectivity index (χ0) is 7.40. The molecule has 0 aliphatic rings. The molecule has 2 nitrogen and oxygen atoms in total. The molecule has 1 heterocycles. The van der Waals surface area contributed by atoms with Crippen molar-refractivity contribution in [3.8, 4) is 0 Å². The Morgan fingerprint density at radius 3 is 3.10 bits per heavy atom. The van der Waals surface area contributed by atoms with Crippen molar-refractivity contribution in [1.82, 2.24) is 0 Å². The second kappa shape index (κ2) is 3.63. The van der Waals surface area contributed by atoms with Crippen molar-refractivity contribution in [1.29, 1.82) is 5.41 Å². The first-order valence-corrected chi connectivity index (χ1v) is 4.65. The van der Waals surface area contributed by atoms with Crippen molar-refractivity contribution in [3.05, 3.63) is 22.4 Å². The van der Waals surface area contributed by atoms with Crippen molar-refractivity contribution in [3.63, 3.8) is 0 Å². The highest BCUT2D eigenvalue weighted by Crippen LogP contribution is 2.15. The van der Waals surface area contributed by atoms with Crippen LogP contribution in [0.4, 0.5) is 0 Å². The summed E-state index contributed by atoms with van der Waals surface area (Å²) in [4.78, 5) is 1.26. The zero-order valence-electron chi connectivity index (χ0n) is 5.33. The van der Waals surface area contributed by atoms with Gasteiger partial charge in [-0.1, -0.05) is 17.8 Å². The van der Waals surface area contributed by atoms with E-state index in [4.69, 9.17) is 11.1 Å². The van der Waals surface area contributed by atoms with Gasteiger partial charge in [0.2, 0.25) is 0 Å². The molecule has 4 heteroatoms. The van der Waals surface area contributed by atoms with Crippen molar-refractivity contribution >= 4 is 28.3 Å². The van der Waals surface area contributed by atoms with Crippen LogP contribution in [0.3, 0.4) is 0 Å². The highest BCUT2D eigenvalue weighted by Gasteiger charge is 1.94. The van der Waals surface area contributed by atoms with Gasteiger partial charge in [-0.05, 0) is 11.4 Å². The molecule has 0 aliphatic heterocycles. The van der Waals surface area contributed by atoms with Gasteiger partial charge in [-0.15, -0.1) is 11.3 Å². The largest absolute Gasteiger partial charge is 0.379 e. The van der Waals surface area contributed by atoms with Crippen LogP contribution in [0.15, 0.2) is 17.5 Å². The summed E-state index contributed by atoms with van der Waals surface area (Å²) >= 11 is 3.05. The summed E-state index contributed by atoms with van der Waals surface area (Å²) in [5.74, 6) is 0.826. The normalized spacial score (nSPS) is 9.60. The van der Waals surface area contributed by atoms with Gasteiger partial charge < -0.3 is 5.73 Å². The third-order valence-corrected chi connectivity index (χ3v) is 2.78. The maximum atomic E-state index is 6.94. The van der Waals surface area contributed by atoms with Gasteiger partial charge in [-0.25, -0.2) is 0 Å². The lowest BCUT2D eigenvalue weighted by atomic mass is 10.5. The van der Waals surface area contributed by atoms with Crippen LogP contribution in [0.2, 0.25) is 0 Å². The molecule has 1 rings (SSSR count). The minimum Gasteiger partial charge on any atom is -0.379 e. The molecule has 0 radical (unpaired) electrons. The lowest BCUT2D eigenvalue weighted by Gasteiger charge is -1.92. The van der Waals surface area contributed by atoms with E-state index >= 15 is 0 Å². The number of nitrogens with two attached hydrogens (primary N) is 1. The number of rotatable bonds is 2. The van der Waals surface area contributed by atoms with E-state index in [1.54, 1.807) is 11.3 Å². The molecular weight excluding hydrogens is 164 g/mol. The van der Waals surface area contributed by atoms with Gasteiger partial charge in [0, 0.05) is 10.6 Å². The summed E-state index contributed by atoms with van der Waals surface area (Å²) in [7, 11) is 0. The fraction of sp³-hybridized carbons (Fsp3) is 0.167. The first-order valence-electron chi connectivity index (χ1n) is 2.78. The van der Waals surface area contributed by atoms with E-state index in [9.17, 15) is 0 Å². The molecule has 54 valence electrons. The minimum absolute atomic E-state index is 0.188. The van der Waals surface area contributed by atoms with Gasteiger partial charge in [0.15, 0.2) is 5.17 Å². The number of hydrogen-bond acceptors (Lipinski definition) is 3. The molecule has 0 unspecified atom stereocenters. The molecule has 0 bridgehead atoms. The molecule has 0 aliphatic carbocycles. The highest BCUT2D eigenvalue weighted by molar-refractivity contribution is 8.13. The first kappa shape index (κ1) is 7.63. The van der Waals surface area contributed by atoms with Crippen molar-refractivity contribution < 1.29 is 0 Å². The van der Waals surface area contributed by atoms with E-state index in [0.29, 0.717) is 0 Å². The molecule has 1 aromatic rings. The van der Waals surface area contributed by atoms with E-state index in [-0.39, 0.29) is 5.17 Å². The monoisotopic (exact) mass is 172 g/mol. The van der Waals surface area contributed by atoms with Crippen LogP contribution in [-0.2, 0) is 5.75 Å². The first-order chi connectivity index (χ1) is 4.79. The van der Waals surface area contributed by atoms with Crippen LogP contribution >= 0.6 is 23.1 Å². The Balaban J connectivity index is 2.35. The summed E-state index contributed by atoms with van der Waals surface area (Å²) in [6.07, 6.45) is 0. The summed E-state index contributed by atoms with van der Waals surface area (Å²) in [5, 5.41) is 9.15. The molecule has 3 N–H and O–H groups in total. The standard InChI is InChI=1S/C6H8N2S2/c7-6(8)10-4-5-2-1-3-9-5/h1-3H,4H2,(H3,7,8). The molecule has 1 aromatic heterocycles. The summed E-state index contributed by atoms with van der Waals surface area (Å²) in [6.45, 7) is 0. The fourth-order valence-corrected chi connectivity index (χ4v) is 1.88. The van der Waals surface area contributed by atoms with Gasteiger partial charge in [-0.3, -0.25) is 5.41 Å². The Morgan fingerprint density at radius 2 is 2.60 bits per heavy atom. The molecule has 0 aromatic carbocycles. The number of amidine groups is 1. The summed E-state index contributed by atoms with van der Waals surface area (Å²) < 4.78 is 0. The Bertz CT molecular complexity index is 206. The quantitative estimate of drug-likeness (QED) is 0.528. The maximum absolute atomic E-state index is 6.94. The molecule has 0 atom stereocenters. The number of hydrogen-bond donors (Lipinski definition) is 2. The topological polar surface area (TPSA) is 49.9 Å². The second-order valence-corrected chi connectivity index (χ2v) is 3.78. The molecule has 0 amide bonds. The zero-order valence-corrected chi connectivity index (χ0v) is 6.97. The van der Waals surface area contributed by atoms with Gasteiger partial charge >= 0.3 is 0 Å². The van der Waals surface area contributed by atoms with Crippen molar-refractivity contribution in [2.45, 2.75) is 5.75 Å². The average Bonchev–Trinajstić information content (AvgIpc) is 2.34. The minimum atomic E-state index is 0.188. The Labute approximate surface area is 68.0 Å². The molecule has 10 heavy (non-hydrogen) atoms. The number of nitrogens with one attached hydrogen (secondary N) is 1. The number of thiophene rings is 1.